The van der Waals surface area contributed by atoms with Crippen LogP contribution in [0.1, 0.15) is 64.3 Å². The van der Waals surface area contributed by atoms with Crippen LogP contribution in [0, 0.1) is 17.1 Å². The maximum absolute atomic E-state index is 15.6. The Hall–Kier alpha value is -4.46. The molecule has 2 aromatic carbocycles. The van der Waals surface area contributed by atoms with E-state index in [2.05, 4.69) is 27.2 Å². The second kappa shape index (κ2) is 10.1. The second-order valence-electron chi connectivity index (χ2n) is 12.1. The van der Waals surface area contributed by atoms with Crippen molar-refractivity contribution in [2.75, 3.05) is 18.1 Å². The van der Waals surface area contributed by atoms with Crippen LogP contribution in [0.2, 0.25) is 0 Å². The molecule has 0 spiro atoms. The summed E-state index contributed by atoms with van der Waals surface area (Å²) in [4.78, 5) is 22.8. The number of hydrogen-bond donors (Lipinski definition) is 0. The fourth-order valence-electron chi connectivity index (χ4n) is 6.91. The number of ether oxygens (including phenoxy) is 1. The number of aromatic nitrogens is 4. The molecule has 2 saturated heterocycles. The Labute approximate surface area is 248 Å². The minimum absolute atomic E-state index is 0.132. The fraction of sp³-hybridized carbons (Fsp3) is 0.364. The number of anilines is 1. The number of carbonyl (C=O) groups is 1. The van der Waals surface area contributed by atoms with Gasteiger partial charge < -0.3 is 9.30 Å². The van der Waals surface area contributed by atoms with Gasteiger partial charge >= 0.3 is 0 Å². The van der Waals surface area contributed by atoms with E-state index in [-0.39, 0.29) is 24.4 Å². The quantitative estimate of drug-likeness (QED) is 0.321. The largest absolute Gasteiger partial charge is 0.376 e. The van der Waals surface area contributed by atoms with Gasteiger partial charge in [-0.3, -0.25) is 14.6 Å². The highest BCUT2D eigenvalue weighted by Gasteiger charge is 2.39. The summed E-state index contributed by atoms with van der Waals surface area (Å²) in [6.07, 6.45) is 5.95. The van der Waals surface area contributed by atoms with Gasteiger partial charge in [-0.15, -0.1) is 10.2 Å². The lowest BCUT2D eigenvalue weighted by Gasteiger charge is -2.22. The molecular weight excluding hydrogens is 545 g/mol. The Morgan fingerprint density at radius 1 is 1.07 bits per heavy atom. The molecule has 0 radical (unpaired) electrons. The maximum Gasteiger partial charge on any atom is 0.260 e. The van der Waals surface area contributed by atoms with Crippen LogP contribution in [0.4, 0.5) is 10.2 Å². The lowest BCUT2D eigenvalue weighted by Crippen LogP contribution is -2.31. The molecule has 9 nitrogen and oxygen atoms in total. The number of pyridine rings is 1. The van der Waals surface area contributed by atoms with Crippen LogP contribution in [0.15, 0.2) is 48.8 Å². The van der Waals surface area contributed by atoms with E-state index in [1.54, 1.807) is 23.4 Å². The molecule has 4 aliphatic rings. The molecule has 0 unspecified atom stereocenters. The minimum Gasteiger partial charge on any atom is -0.376 e. The number of nitriles is 1. The number of rotatable bonds is 6. The van der Waals surface area contributed by atoms with E-state index < -0.39 is 0 Å². The lowest BCUT2D eigenvalue weighted by molar-refractivity contribution is 0.0995. The van der Waals surface area contributed by atoms with Gasteiger partial charge in [0.2, 0.25) is 0 Å². The van der Waals surface area contributed by atoms with Gasteiger partial charge in [-0.2, -0.15) is 5.26 Å². The van der Waals surface area contributed by atoms with Gasteiger partial charge in [0, 0.05) is 61.1 Å². The number of fused-ring (bicyclic) bond motifs is 2. The van der Waals surface area contributed by atoms with Gasteiger partial charge in [0.05, 0.1) is 24.3 Å². The number of benzene rings is 2. The number of aryl methyl sites for hydroxylation is 1. The van der Waals surface area contributed by atoms with Crippen LogP contribution >= 0.6 is 0 Å². The first-order valence-electron chi connectivity index (χ1n) is 14.9. The van der Waals surface area contributed by atoms with Crippen molar-refractivity contribution in [2.45, 2.75) is 56.8 Å². The first kappa shape index (κ1) is 26.2. The van der Waals surface area contributed by atoms with E-state index in [1.165, 1.54) is 0 Å². The molecule has 2 atom stereocenters. The number of amides is 1. The van der Waals surface area contributed by atoms with Crippen molar-refractivity contribution in [3.63, 3.8) is 0 Å². The highest BCUT2D eigenvalue weighted by atomic mass is 19.1. The molecular formula is C33H30FN7O2. The van der Waals surface area contributed by atoms with Gasteiger partial charge in [-0.25, -0.2) is 9.37 Å². The number of likely N-dealkylation sites (tertiary alicyclic amines) is 1. The predicted molar refractivity (Wildman–Crippen MR) is 156 cm³/mol. The molecule has 10 heteroatoms. The number of carbonyl (C=O) groups excluding carboxylic acids is 1. The highest BCUT2D eigenvalue weighted by Crippen LogP contribution is 2.43. The third kappa shape index (κ3) is 4.51. The zero-order valence-electron chi connectivity index (χ0n) is 23.8. The van der Waals surface area contributed by atoms with Crippen LogP contribution in [0.5, 0.6) is 0 Å². The molecule has 43 heavy (non-hydrogen) atoms. The Morgan fingerprint density at radius 2 is 1.95 bits per heavy atom. The van der Waals surface area contributed by atoms with Crippen molar-refractivity contribution >= 4 is 11.7 Å². The van der Waals surface area contributed by atoms with Gasteiger partial charge in [0.15, 0.2) is 5.82 Å². The molecule has 0 bridgehead atoms. The normalized spacial score (nSPS) is 21.3. The van der Waals surface area contributed by atoms with Crippen molar-refractivity contribution < 1.29 is 13.9 Å². The predicted octanol–water partition coefficient (Wildman–Crippen LogP) is 4.96. The Kier molecular flexibility index (Phi) is 6.13. The SMILES string of the molecule is Cn1cnnc1-c1cc(C#N)ccc1-c1cc(C2CC2)nc(N2Cc3c(F)cc(CN4CC[C@@H]5OCC[C@H]54)cc3C2=O)c1. The zero-order valence-corrected chi connectivity index (χ0v) is 23.8. The minimum atomic E-state index is -0.350. The van der Waals surface area contributed by atoms with Gasteiger partial charge in [0.1, 0.15) is 18.0 Å². The van der Waals surface area contributed by atoms with Crippen LogP contribution in [0.3, 0.4) is 0 Å². The van der Waals surface area contributed by atoms with Crippen molar-refractivity contribution in [1.82, 2.24) is 24.6 Å². The van der Waals surface area contributed by atoms with Crippen molar-refractivity contribution in [3.8, 4) is 28.6 Å². The lowest BCUT2D eigenvalue weighted by atomic mass is 9.96. The summed E-state index contributed by atoms with van der Waals surface area (Å²) in [6.45, 7) is 2.42. The molecule has 216 valence electrons. The molecule has 1 saturated carbocycles. The zero-order chi connectivity index (χ0) is 29.2. The van der Waals surface area contributed by atoms with E-state index in [0.29, 0.717) is 46.8 Å². The summed E-state index contributed by atoms with van der Waals surface area (Å²) in [6, 6.07) is 15.5. The van der Waals surface area contributed by atoms with Crippen molar-refractivity contribution in [3.05, 3.63) is 82.6 Å². The van der Waals surface area contributed by atoms with Crippen LogP contribution in [0.25, 0.3) is 22.5 Å². The smallest absolute Gasteiger partial charge is 0.260 e. The van der Waals surface area contributed by atoms with E-state index in [4.69, 9.17) is 9.72 Å². The Bertz CT molecular complexity index is 1820. The van der Waals surface area contributed by atoms with E-state index >= 15 is 4.39 Å². The average molecular weight is 576 g/mol. The molecule has 5 heterocycles. The average Bonchev–Trinajstić information content (AvgIpc) is 3.26. The number of halogens is 1. The molecule has 1 amide bonds. The summed E-state index contributed by atoms with van der Waals surface area (Å²) in [7, 11) is 1.86. The molecule has 1 aliphatic carbocycles. The van der Waals surface area contributed by atoms with Gasteiger partial charge in [0.25, 0.3) is 5.91 Å². The van der Waals surface area contributed by atoms with E-state index in [9.17, 15) is 10.1 Å². The second-order valence-corrected chi connectivity index (χ2v) is 12.1. The standard InChI is InChI=1S/C33H30FN7O2/c1-39-18-36-38-32(39)24-10-19(15-35)2-5-23(24)22-13-28(21-3-4-21)37-31(14-22)41-17-26-25(33(41)42)11-20(12-27(26)34)16-40-8-6-30-29(40)7-9-43-30/h2,5,10-14,18,21,29-30H,3-4,6-9,16-17H2,1H3/t29-,30+/m1/s1. The van der Waals surface area contributed by atoms with Gasteiger partial charge in [-0.05, 0) is 78.8 Å². The molecule has 4 aromatic rings. The summed E-state index contributed by atoms with van der Waals surface area (Å²) < 4.78 is 23.2. The molecule has 0 N–H and O–H groups in total. The van der Waals surface area contributed by atoms with E-state index in [0.717, 1.165) is 66.8 Å². The summed E-state index contributed by atoms with van der Waals surface area (Å²) in [5.41, 5.74) is 5.54. The molecule has 8 rings (SSSR count). The summed E-state index contributed by atoms with van der Waals surface area (Å²) in [5, 5.41) is 17.9. The van der Waals surface area contributed by atoms with Crippen LogP contribution in [-0.2, 0) is 24.9 Å². The van der Waals surface area contributed by atoms with Crippen molar-refractivity contribution in [2.24, 2.45) is 7.05 Å². The maximum atomic E-state index is 15.6. The van der Waals surface area contributed by atoms with Crippen LogP contribution < -0.4 is 4.90 Å². The monoisotopic (exact) mass is 575 g/mol. The number of nitrogens with zero attached hydrogens (tertiary/aromatic N) is 7. The van der Waals surface area contributed by atoms with E-state index in [1.807, 2.05) is 35.9 Å². The summed E-state index contributed by atoms with van der Waals surface area (Å²) in [5.74, 6) is 0.866. The topological polar surface area (TPSA) is 100 Å². The molecule has 3 aliphatic heterocycles. The number of hydrogen-bond acceptors (Lipinski definition) is 7. The summed E-state index contributed by atoms with van der Waals surface area (Å²) >= 11 is 0. The molecule has 2 aromatic heterocycles. The van der Waals surface area contributed by atoms with Gasteiger partial charge in [-0.1, -0.05) is 6.07 Å². The first-order valence-corrected chi connectivity index (χ1v) is 14.9. The van der Waals surface area contributed by atoms with Crippen LogP contribution in [-0.4, -0.2) is 55.9 Å². The first-order chi connectivity index (χ1) is 21.0. The highest BCUT2D eigenvalue weighted by molar-refractivity contribution is 6.10. The third-order valence-corrected chi connectivity index (χ3v) is 9.29. The molecule has 3 fully saturated rings. The fourth-order valence-corrected chi connectivity index (χ4v) is 6.91. The Morgan fingerprint density at radius 3 is 2.74 bits per heavy atom. The Balaban J connectivity index is 1.16. The third-order valence-electron chi connectivity index (χ3n) is 9.29. The van der Waals surface area contributed by atoms with Crippen molar-refractivity contribution in [1.29, 1.82) is 5.26 Å².